The molecule has 71 valence electrons. The molecule has 0 aliphatic carbocycles. The number of rotatable bonds is 2. The van der Waals surface area contributed by atoms with Crippen molar-refractivity contribution in [3.8, 4) is 6.07 Å². The Morgan fingerprint density at radius 1 is 1.43 bits per heavy atom. The van der Waals surface area contributed by atoms with Gasteiger partial charge in [-0.1, -0.05) is 13.8 Å². The van der Waals surface area contributed by atoms with Crippen molar-refractivity contribution in [2.75, 3.05) is 0 Å². The molecule has 1 rings (SSSR count). The highest BCUT2D eigenvalue weighted by molar-refractivity contribution is 5.48. The summed E-state index contributed by atoms with van der Waals surface area (Å²) >= 11 is 0. The topological polar surface area (TPSA) is 66.9 Å². The van der Waals surface area contributed by atoms with Crippen LogP contribution in [0.4, 0.5) is 5.69 Å². The third-order valence-corrected chi connectivity index (χ3v) is 1.84. The Kier molecular flexibility index (Phi) is 2.82. The predicted molar refractivity (Wildman–Crippen MR) is 51.5 cm³/mol. The van der Waals surface area contributed by atoms with Gasteiger partial charge in [0.15, 0.2) is 0 Å². The minimum Gasteiger partial charge on any atom is -0.258 e. The number of hydrogen-bond acceptors (Lipinski definition) is 3. The molecule has 0 saturated carbocycles. The number of non-ortho nitro benzene ring substituents is 1. The molecule has 0 fully saturated rings. The van der Waals surface area contributed by atoms with Crippen LogP contribution in [0.25, 0.3) is 0 Å². The lowest BCUT2D eigenvalue weighted by Crippen LogP contribution is -1.94. The third-order valence-electron chi connectivity index (χ3n) is 1.84. The summed E-state index contributed by atoms with van der Waals surface area (Å²) in [6.45, 7) is 3.69. The van der Waals surface area contributed by atoms with Crippen LogP contribution in [0, 0.1) is 27.4 Å². The second-order valence-electron chi connectivity index (χ2n) is 3.14. The normalized spacial score (nSPS) is 9.86. The Balaban J connectivity index is 3.29. The zero-order valence-corrected chi connectivity index (χ0v) is 7.94. The Labute approximate surface area is 81.9 Å². The van der Waals surface area contributed by atoms with Crippen molar-refractivity contribution in [3.63, 3.8) is 0 Å². The molecule has 0 aliphatic rings. The predicted octanol–water partition coefficient (Wildman–Crippen LogP) is 2.43. The summed E-state index contributed by atoms with van der Waals surface area (Å²) in [7, 11) is 0. The van der Waals surface area contributed by atoms with E-state index in [1.807, 2.05) is 19.9 Å². The lowest BCUT2D eigenvalue weighted by atomic mass is 10.0. The van der Waals surface area contributed by atoms with E-state index in [4.69, 9.17) is 5.26 Å². The van der Waals surface area contributed by atoms with Gasteiger partial charge in [-0.3, -0.25) is 10.1 Å². The summed E-state index contributed by atoms with van der Waals surface area (Å²) in [5, 5.41) is 19.2. The number of hydrogen-bond donors (Lipinski definition) is 0. The summed E-state index contributed by atoms with van der Waals surface area (Å²) in [5.41, 5.74) is 1.01. The molecule has 0 aromatic heterocycles. The molecule has 0 saturated heterocycles. The molecule has 0 unspecified atom stereocenters. The summed E-state index contributed by atoms with van der Waals surface area (Å²) in [4.78, 5) is 10.0. The molecule has 1 aromatic carbocycles. The van der Waals surface area contributed by atoms with Gasteiger partial charge in [0, 0.05) is 12.1 Å². The molecule has 0 amide bonds. The molecule has 0 aliphatic heterocycles. The summed E-state index contributed by atoms with van der Waals surface area (Å²) in [6.07, 6.45) is 0. The highest BCUT2D eigenvalue weighted by atomic mass is 16.6. The molecule has 1 aromatic rings. The standard InChI is InChI=1S/C10H9N2O2/c1-7(2)9-3-8(6-11)4-10(5-9)12(13)14/h3-5H,1-2H3. The maximum atomic E-state index is 10.5. The fourth-order valence-corrected chi connectivity index (χ4v) is 1.07. The van der Waals surface area contributed by atoms with Crippen molar-refractivity contribution in [1.29, 1.82) is 5.26 Å². The molecule has 4 heteroatoms. The van der Waals surface area contributed by atoms with Crippen LogP contribution < -0.4 is 0 Å². The average molecular weight is 189 g/mol. The Bertz CT molecular complexity index is 405. The van der Waals surface area contributed by atoms with Crippen LogP contribution in [0.5, 0.6) is 0 Å². The van der Waals surface area contributed by atoms with E-state index >= 15 is 0 Å². The van der Waals surface area contributed by atoms with Crippen LogP contribution >= 0.6 is 0 Å². The zero-order valence-electron chi connectivity index (χ0n) is 7.94. The SMILES string of the molecule is C[C](C)c1cc(C#N)cc([N+](=O)[O-])c1. The van der Waals surface area contributed by atoms with E-state index in [0.717, 1.165) is 11.5 Å². The molecule has 14 heavy (non-hydrogen) atoms. The van der Waals surface area contributed by atoms with Gasteiger partial charge < -0.3 is 0 Å². The van der Waals surface area contributed by atoms with Crippen molar-refractivity contribution in [2.45, 2.75) is 13.8 Å². The van der Waals surface area contributed by atoms with E-state index in [0.29, 0.717) is 5.56 Å². The highest BCUT2D eigenvalue weighted by Gasteiger charge is 2.11. The minimum absolute atomic E-state index is 0.0414. The van der Waals surface area contributed by atoms with Gasteiger partial charge in [-0.15, -0.1) is 0 Å². The largest absolute Gasteiger partial charge is 0.271 e. The van der Waals surface area contributed by atoms with Crippen LogP contribution in [-0.2, 0) is 0 Å². The minimum atomic E-state index is -0.493. The summed E-state index contributed by atoms with van der Waals surface area (Å²) in [6, 6.07) is 6.28. The van der Waals surface area contributed by atoms with Crippen molar-refractivity contribution >= 4 is 5.69 Å². The van der Waals surface area contributed by atoms with Gasteiger partial charge in [-0.25, -0.2) is 0 Å². The van der Waals surface area contributed by atoms with Crippen molar-refractivity contribution in [2.24, 2.45) is 0 Å². The first kappa shape index (κ1) is 10.2. The van der Waals surface area contributed by atoms with E-state index in [9.17, 15) is 10.1 Å². The Hall–Kier alpha value is -1.89. The fourth-order valence-electron chi connectivity index (χ4n) is 1.07. The smallest absolute Gasteiger partial charge is 0.258 e. The van der Waals surface area contributed by atoms with E-state index < -0.39 is 4.92 Å². The lowest BCUT2D eigenvalue weighted by molar-refractivity contribution is -0.384. The highest BCUT2D eigenvalue weighted by Crippen LogP contribution is 2.21. The van der Waals surface area contributed by atoms with Crippen LogP contribution in [0.2, 0.25) is 0 Å². The monoisotopic (exact) mass is 189 g/mol. The van der Waals surface area contributed by atoms with E-state index in [1.165, 1.54) is 12.1 Å². The molecular formula is C10H9N2O2. The molecule has 0 heterocycles. The molecule has 0 bridgehead atoms. The number of benzene rings is 1. The van der Waals surface area contributed by atoms with Gasteiger partial charge in [0.25, 0.3) is 5.69 Å². The van der Waals surface area contributed by atoms with Crippen LogP contribution in [0.15, 0.2) is 18.2 Å². The third kappa shape index (κ3) is 2.07. The molecular weight excluding hydrogens is 180 g/mol. The molecule has 0 spiro atoms. The van der Waals surface area contributed by atoms with E-state index in [1.54, 1.807) is 6.07 Å². The lowest BCUT2D eigenvalue weighted by Gasteiger charge is -2.04. The first-order chi connectivity index (χ1) is 6.54. The van der Waals surface area contributed by atoms with Crippen molar-refractivity contribution in [1.82, 2.24) is 0 Å². The number of nitriles is 1. The van der Waals surface area contributed by atoms with Gasteiger partial charge in [-0.2, -0.15) is 5.26 Å². The zero-order chi connectivity index (χ0) is 10.7. The molecule has 0 atom stereocenters. The number of nitro benzene ring substituents is 1. The van der Waals surface area contributed by atoms with Crippen LogP contribution in [0.3, 0.4) is 0 Å². The maximum Gasteiger partial charge on any atom is 0.271 e. The number of nitrogens with zero attached hydrogens (tertiary/aromatic N) is 2. The first-order valence-electron chi connectivity index (χ1n) is 4.04. The first-order valence-corrected chi connectivity index (χ1v) is 4.04. The number of nitro groups is 1. The average Bonchev–Trinajstić information content (AvgIpc) is 2.16. The van der Waals surface area contributed by atoms with Crippen molar-refractivity contribution < 1.29 is 4.92 Å². The maximum absolute atomic E-state index is 10.5. The van der Waals surface area contributed by atoms with Gasteiger partial charge in [0.05, 0.1) is 16.6 Å². The van der Waals surface area contributed by atoms with Gasteiger partial charge in [-0.05, 0) is 17.5 Å². The second-order valence-corrected chi connectivity index (χ2v) is 3.14. The van der Waals surface area contributed by atoms with E-state index in [2.05, 4.69) is 0 Å². The molecule has 4 nitrogen and oxygen atoms in total. The summed E-state index contributed by atoms with van der Waals surface area (Å²) < 4.78 is 0. The van der Waals surface area contributed by atoms with Crippen LogP contribution in [0.1, 0.15) is 25.0 Å². The summed E-state index contributed by atoms with van der Waals surface area (Å²) in [5.74, 6) is 0.949. The van der Waals surface area contributed by atoms with Gasteiger partial charge in [0.2, 0.25) is 0 Å². The van der Waals surface area contributed by atoms with Crippen LogP contribution in [-0.4, -0.2) is 4.92 Å². The van der Waals surface area contributed by atoms with Gasteiger partial charge >= 0.3 is 0 Å². The molecule has 1 radical (unpaired) electrons. The Morgan fingerprint density at radius 2 is 2.07 bits per heavy atom. The second kappa shape index (κ2) is 3.88. The fraction of sp³-hybridized carbons (Fsp3) is 0.200. The Morgan fingerprint density at radius 3 is 2.50 bits per heavy atom. The molecule has 0 N–H and O–H groups in total. The van der Waals surface area contributed by atoms with E-state index in [-0.39, 0.29) is 5.69 Å². The van der Waals surface area contributed by atoms with Gasteiger partial charge in [0.1, 0.15) is 0 Å². The van der Waals surface area contributed by atoms with Crippen molar-refractivity contribution in [3.05, 3.63) is 45.4 Å². The quantitative estimate of drug-likeness (QED) is 0.530.